The molecule has 1 aliphatic heterocycles. The van der Waals surface area contributed by atoms with Crippen LogP contribution in [0.4, 0.5) is 0 Å². The minimum Gasteiger partial charge on any atom is -0.241 e. The van der Waals surface area contributed by atoms with Crippen LogP contribution < -0.4 is 0 Å². The Morgan fingerprint density at radius 2 is 2.75 bits per heavy atom. The third kappa shape index (κ3) is 1.29. The monoisotopic (exact) mass is 145 g/mol. The molecular formula is C5H7NS2. The van der Waals surface area contributed by atoms with E-state index in [0.29, 0.717) is 5.25 Å². The summed E-state index contributed by atoms with van der Waals surface area (Å²) in [5.74, 6) is 0. The largest absolute Gasteiger partial charge is 0.241 e. The molecule has 0 spiro atoms. The molecule has 3 heteroatoms. The fraction of sp³-hybridized carbons (Fsp3) is 0.600. The molecule has 1 nitrogen and oxygen atoms in total. The number of thioether (sulfide) groups is 1. The van der Waals surface area contributed by atoms with Crippen molar-refractivity contribution >= 4 is 34.5 Å². The Labute approximate surface area is 58.6 Å². The van der Waals surface area contributed by atoms with Gasteiger partial charge in [0.05, 0.1) is 0 Å². The summed E-state index contributed by atoms with van der Waals surface area (Å²) in [6, 6.07) is 0. The lowest BCUT2D eigenvalue weighted by Gasteiger charge is -1.95. The first-order valence-corrected chi connectivity index (χ1v) is 3.86. The summed E-state index contributed by atoms with van der Waals surface area (Å²) >= 11 is 6.50. The van der Waals surface area contributed by atoms with Crippen molar-refractivity contribution in [3.8, 4) is 0 Å². The van der Waals surface area contributed by atoms with Gasteiger partial charge in [0.1, 0.15) is 0 Å². The van der Waals surface area contributed by atoms with Gasteiger partial charge in [-0.1, -0.05) is 30.9 Å². The van der Waals surface area contributed by atoms with Crippen LogP contribution in [0, 0.1) is 0 Å². The van der Waals surface area contributed by atoms with Crippen molar-refractivity contribution in [1.29, 1.82) is 0 Å². The molecule has 0 aromatic rings. The van der Waals surface area contributed by atoms with Crippen LogP contribution >= 0.6 is 24.0 Å². The predicted molar refractivity (Wildman–Crippen MR) is 42.8 cm³/mol. The van der Waals surface area contributed by atoms with Crippen LogP contribution in [0.15, 0.2) is 4.99 Å². The minimum atomic E-state index is 0.558. The van der Waals surface area contributed by atoms with Crippen molar-refractivity contribution in [3.05, 3.63) is 0 Å². The summed E-state index contributed by atoms with van der Waals surface area (Å²) < 4.78 is 0.789. The molecule has 0 N–H and O–H groups in total. The van der Waals surface area contributed by atoms with Gasteiger partial charge in [-0.15, -0.1) is 0 Å². The van der Waals surface area contributed by atoms with Gasteiger partial charge in [0.25, 0.3) is 0 Å². The summed E-state index contributed by atoms with van der Waals surface area (Å²) in [6.45, 7) is 2.14. The Bertz CT molecular complexity index is 130. The Kier molecular flexibility index (Phi) is 2.02. The van der Waals surface area contributed by atoms with E-state index in [1.807, 2.05) is 6.21 Å². The van der Waals surface area contributed by atoms with Crippen LogP contribution in [0.1, 0.15) is 13.3 Å². The Morgan fingerprint density at radius 3 is 3.00 bits per heavy atom. The standard InChI is InChI=1S/C5H7NS2/c1-2-4-3-6-5(7)8-4/h3-4H,2H2,1H3. The Balaban J connectivity index is 2.46. The van der Waals surface area contributed by atoms with Gasteiger partial charge in [-0.25, -0.2) is 4.99 Å². The molecule has 0 bridgehead atoms. The molecule has 1 rings (SSSR count). The summed E-state index contributed by atoms with van der Waals surface area (Å²) in [4.78, 5) is 3.96. The third-order valence-corrected chi connectivity index (χ3v) is 2.46. The molecule has 0 radical (unpaired) electrons. The molecular weight excluding hydrogens is 138 g/mol. The second-order valence-corrected chi connectivity index (χ2v) is 3.48. The number of hydrogen-bond acceptors (Lipinski definition) is 2. The van der Waals surface area contributed by atoms with Crippen molar-refractivity contribution in [1.82, 2.24) is 0 Å². The Morgan fingerprint density at radius 1 is 2.00 bits per heavy atom. The highest BCUT2D eigenvalue weighted by atomic mass is 32.2. The molecule has 0 aromatic heterocycles. The fourth-order valence-electron chi connectivity index (χ4n) is 0.523. The van der Waals surface area contributed by atoms with Crippen molar-refractivity contribution in [2.75, 3.05) is 0 Å². The summed E-state index contributed by atoms with van der Waals surface area (Å²) in [5.41, 5.74) is 0. The molecule has 1 heterocycles. The Hall–Kier alpha value is 0.110. The van der Waals surface area contributed by atoms with Gasteiger partial charge in [-0.2, -0.15) is 0 Å². The third-order valence-electron chi connectivity index (χ3n) is 1.00. The molecule has 0 amide bonds. The van der Waals surface area contributed by atoms with E-state index in [-0.39, 0.29) is 0 Å². The summed E-state index contributed by atoms with van der Waals surface area (Å²) in [5, 5.41) is 0.558. The normalized spacial score (nSPS) is 27.1. The van der Waals surface area contributed by atoms with Gasteiger partial charge in [0, 0.05) is 11.5 Å². The van der Waals surface area contributed by atoms with Gasteiger partial charge in [0.2, 0.25) is 0 Å². The van der Waals surface area contributed by atoms with Crippen molar-refractivity contribution in [2.45, 2.75) is 18.6 Å². The van der Waals surface area contributed by atoms with Gasteiger partial charge in [0.15, 0.2) is 4.32 Å². The van der Waals surface area contributed by atoms with Crippen LogP contribution in [-0.2, 0) is 0 Å². The maximum Gasteiger partial charge on any atom is 0.160 e. The summed E-state index contributed by atoms with van der Waals surface area (Å²) in [6.07, 6.45) is 3.06. The van der Waals surface area contributed by atoms with E-state index in [2.05, 4.69) is 11.9 Å². The molecule has 0 fully saturated rings. The van der Waals surface area contributed by atoms with Crippen molar-refractivity contribution < 1.29 is 0 Å². The highest BCUT2D eigenvalue weighted by molar-refractivity contribution is 8.24. The first-order valence-electron chi connectivity index (χ1n) is 2.57. The van der Waals surface area contributed by atoms with E-state index >= 15 is 0 Å². The lowest BCUT2D eigenvalue weighted by Crippen LogP contribution is -1.95. The highest BCUT2D eigenvalue weighted by Gasteiger charge is 2.11. The van der Waals surface area contributed by atoms with E-state index in [1.54, 1.807) is 11.8 Å². The zero-order valence-corrected chi connectivity index (χ0v) is 6.26. The molecule has 1 unspecified atom stereocenters. The van der Waals surface area contributed by atoms with Crippen LogP contribution in [0.25, 0.3) is 0 Å². The quantitative estimate of drug-likeness (QED) is 0.522. The van der Waals surface area contributed by atoms with Crippen molar-refractivity contribution in [2.24, 2.45) is 4.99 Å². The smallest absolute Gasteiger partial charge is 0.160 e. The SMILES string of the molecule is CCC1C=NC(=S)S1. The van der Waals surface area contributed by atoms with Crippen LogP contribution in [-0.4, -0.2) is 15.8 Å². The fourth-order valence-corrected chi connectivity index (χ4v) is 1.62. The number of thiocarbonyl (C=S) groups is 1. The zero-order valence-electron chi connectivity index (χ0n) is 4.63. The topological polar surface area (TPSA) is 12.4 Å². The van der Waals surface area contributed by atoms with Gasteiger partial charge in [-0.3, -0.25) is 0 Å². The molecule has 44 valence electrons. The molecule has 1 atom stereocenters. The molecule has 8 heavy (non-hydrogen) atoms. The van der Waals surface area contributed by atoms with E-state index < -0.39 is 0 Å². The maximum atomic E-state index is 4.83. The van der Waals surface area contributed by atoms with Gasteiger partial charge < -0.3 is 0 Å². The predicted octanol–water partition coefficient (Wildman–Crippen LogP) is 1.87. The van der Waals surface area contributed by atoms with Crippen molar-refractivity contribution in [3.63, 3.8) is 0 Å². The maximum absolute atomic E-state index is 4.83. The molecule has 0 aromatic carbocycles. The van der Waals surface area contributed by atoms with E-state index in [4.69, 9.17) is 12.2 Å². The van der Waals surface area contributed by atoms with E-state index in [9.17, 15) is 0 Å². The average molecular weight is 145 g/mol. The van der Waals surface area contributed by atoms with E-state index in [0.717, 1.165) is 10.7 Å². The molecule has 0 saturated heterocycles. The lowest BCUT2D eigenvalue weighted by atomic mass is 10.4. The van der Waals surface area contributed by atoms with Gasteiger partial charge in [-0.05, 0) is 6.42 Å². The van der Waals surface area contributed by atoms with Crippen LogP contribution in [0.5, 0.6) is 0 Å². The number of aliphatic imine (C=N–C) groups is 1. The van der Waals surface area contributed by atoms with Crippen LogP contribution in [0.2, 0.25) is 0 Å². The van der Waals surface area contributed by atoms with Crippen LogP contribution in [0.3, 0.4) is 0 Å². The number of rotatable bonds is 1. The number of nitrogens with zero attached hydrogens (tertiary/aromatic N) is 1. The lowest BCUT2D eigenvalue weighted by molar-refractivity contribution is 1.03. The second kappa shape index (κ2) is 2.60. The first-order chi connectivity index (χ1) is 3.83. The number of hydrogen-bond donors (Lipinski definition) is 0. The molecule has 0 saturated carbocycles. The molecule has 1 aliphatic rings. The average Bonchev–Trinajstić information content (AvgIpc) is 2.14. The van der Waals surface area contributed by atoms with E-state index in [1.165, 1.54) is 0 Å². The van der Waals surface area contributed by atoms with Gasteiger partial charge >= 0.3 is 0 Å². The zero-order chi connectivity index (χ0) is 5.98. The minimum absolute atomic E-state index is 0.558. The summed E-state index contributed by atoms with van der Waals surface area (Å²) in [7, 11) is 0. The molecule has 0 aliphatic carbocycles. The second-order valence-electron chi connectivity index (χ2n) is 1.61. The first kappa shape index (κ1) is 6.23. The highest BCUT2D eigenvalue weighted by Crippen LogP contribution is 2.20.